The molecule has 0 bridgehead atoms. The van der Waals surface area contributed by atoms with Crippen LogP contribution >= 0.6 is 0 Å². The summed E-state index contributed by atoms with van der Waals surface area (Å²) in [4.78, 5) is 0. The highest BCUT2D eigenvalue weighted by Gasteiger charge is 2.38. The molecule has 0 radical (unpaired) electrons. The van der Waals surface area contributed by atoms with Crippen LogP contribution in [0, 0.1) is 0 Å². The Labute approximate surface area is 111 Å². The molecule has 0 unspecified atom stereocenters. The van der Waals surface area contributed by atoms with Crippen molar-refractivity contribution < 1.29 is 8.42 Å². The molecule has 3 N–H and O–H groups in total. The molecule has 18 heavy (non-hydrogen) atoms. The normalized spacial score (nSPS) is 26.1. The van der Waals surface area contributed by atoms with E-state index >= 15 is 0 Å². The minimum absolute atomic E-state index is 0.177. The van der Waals surface area contributed by atoms with Gasteiger partial charge in [0.15, 0.2) is 0 Å². The lowest BCUT2D eigenvalue weighted by Gasteiger charge is -2.33. The zero-order valence-corrected chi connectivity index (χ0v) is 12.0. The lowest BCUT2D eigenvalue weighted by atomic mass is 9.92. The Balaban J connectivity index is 2.08. The van der Waals surface area contributed by atoms with E-state index in [1.54, 1.807) is 0 Å². The summed E-state index contributed by atoms with van der Waals surface area (Å²) in [5, 5.41) is -0.177. The van der Waals surface area contributed by atoms with Crippen LogP contribution < -0.4 is 10.5 Å². The molecule has 0 aromatic carbocycles. The van der Waals surface area contributed by atoms with Crippen molar-refractivity contribution in [2.24, 2.45) is 5.73 Å². The Hall–Kier alpha value is -0.130. The molecule has 0 saturated heterocycles. The summed E-state index contributed by atoms with van der Waals surface area (Å²) in [7, 11) is -3.18. The fourth-order valence-corrected chi connectivity index (χ4v) is 5.35. The molecular formula is C13H26N2O2S. The number of hydrogen-bond donors (Lipinski definition) is 2. The van der Waals surface area contributed by atoms with Gasteiger partial charge in [-0.2, -0.15) is 0 Å². The number of nitrogens with one attached hydrogen (secondary N) is 1. The molecule has 2 fully saturated rings. The van der Waals surface area contributed by atoms with Crippen molar-refractivity contribution >= 4 is 10.0 Å². The van der Waals surface area contributed by atoms with E-state index in [-0.39, 0.29) is 10.8 Å². The average Bonchev–Trinajstić information content (AvgIpc) is 2.79. The molecule has 0 atom stereocenters. The first kappa shape index (κ1) is 14.3. The van der Waals surface area contributed by atoms with Gasteiger partial charge in [0, 0.05) is 12.1 Å². The van der Waals surface area contributed by atoms with Gasteiger partial charge in [-0.3, -0.25) is 0 Å². The third kappa shape index (κ3) is 3.25. The van der Waals surface area contributed by atoms with Crippen molar-refractivity contribution in [2.45, 2.75) is 75.0 Å². The van der Waals surface area contributed by atoms with Gasteiger partial charge in [0.2, 0.25) is 10.0 Å². The maximum absolute atomic E-state index is 12.4. The van der Waals surface area contributed by atoms with Gasteiger partial charge in [-0.1, -0.05) is 38.5 Å². The third-order valence-corrected chi connectivity index (χ3v) is 6.62. The first-order valence-corrected chi connectivity index (χ1v) is 8.85. The Morgan fingerprint density at radius 2 is 1.56 bits per heavy atom. The third-order valence-electron chi connectivity index (χ3n) is 4.55. The Kier molecular flexibility index (Phi) is 4.67. The Morgan fingerprint density at radius 3 is 2.06 bits per heavy atom. The Bertz CT molecular complexity index is 353. The second-order valence-corrected chi connectivity index (χ2v) is 7.91. The SMILES string of the molecule is NCC1(NS(=O)(=O)C2CCCC2)CCCCCC1. The van der Waals surface area contributed by atoms with E-state index < -0.39 is 10.0 Å². The highest BCUT2D eigenvalue weighted by Crippen LogP contribution is 2.30. The van der Waals surface area contributed by atoms with Gasteiger partial charge in [-0.15, -0.1) is 0 Å². The maximum atomic E-state index is 12.4. The largest absolute Gasteiger partial charge is 0.329 e. The van der Waals surface area contributed by atoms with Gasteiger partial charge in [-0.05, 0) is 25.7 Å². The first-order valence-electron chi connectivity index (χ1n) is 7.31. The number of hydrogen-bond acceptors (Lipinski definition) is 3. The van der Waals surface area contributed by atoms with Crippen molar-refractivity contribution in [2.75, 3.05) is 6.54 Å². The molecule has 4 nitrogen and oxygen atoms in total. The second kappa shape index (κ2) is 5.88. The molecule has 5 heteroatoms. The van der Waals surface area contributed by atoms with Gasteiger partial charge in [0.25, 0.3) is 0 Å². The molecule has 106 valence electrons. The maximum Gasteiger partial charge on any atom is 0.215 e. The van der Waals surface area contributed by atoms with Crippen molar-refractivity contribution in [3.05, 3.63) is 0 Å². The molecule has 2 aliphatic rings. The fourth-order valence-electron chi connectivity index (χ4n) is 3.34. The van der Waals surface area contributed by atoms with E-state index in [1.807, 2.05) is 0 Å². The van der Waals surface area contributed by atoms with Crippen molar-refractivity contribution in [1.29, 1.82) is 0 Å². The van der Waals surface area contributed by atoms with Crippen LogP contribution in [0.1, 0.15) is 64.2 Å². The summed E-state index contributed by atoms with van der Waals surface area (Å²) in [6, 6.07) is 0. The average molecular weight is 274 g/mol. The fraction of sp³-hybridized carbons (Fsp3) is 1.00. The monoisotopic (exact) mass is 274 g/mol. The molecular weight excluding hydrogens is 248 g/mol. The molecule has 0 heterocycles. The van der Waals surface area contributed by atoms with Crippen LogP contribution in [-0.2, 0) is 10.0 Å². The van der Waals surface area contributed by atoms with Crippen molar-refractivity contribution in [3.8, 4) is 0 Å². The first-order chi connectivity index (χ1) is 8.58. The van der Waals surface area contributed by atoms with E-state index in [1.165, 1.54) is 12.8 Å². The lowest BCUT2D eigenvalue weighted by molar-refractivity contribution is 0.341. The highest BCUT2D eigenvalue weighted by atomic mass is 32.2. The van der Waals surface area contributed by atoms with Crippen LogP contribution in [0.2, 0.25) is 0 Å². The quantitative estimate of drug-likeness (QED) is 0.769. The van der Waals surface area contributed by atoms with Gasteiger partial charge < -0.3 is 5.73 Å². The zero-order valence-electron chi connectivity index (χ0n) is 11.2. The van der Waals surface area contributed by atoms with Crippen LogP contribution in [0.15, 0.2) is 0 Å². The van der Waals surface area contributed by atoms with Gasteiger partial charge in [0.1, 0.15) is 0 Å². The van der Waals surface area contributed by atoms with Gasteiger partial charge in [0.05, 0.1) is 5.25 Å². The predicted molar refractivity (Wildman–Crippen MR) is 73.8 cm³/mol. The topological polar surface area (TPSA) is 72.2 Å². The molecule has 0 aliphatic heterocycles. The van der Waals surface area contributed by atoms with E-state index in [2.05, 4.69) is 4.72 Å². The molecule has 2 rings (SSSR count). The number of sulfonamides is 1. The summed E-state index contributed by atoms with van der Waals surface area (Å²) in [5.41, 5.74) is 5.52. The highest BCUT2D eigenvalue weighted by molar-refractivity contribution is 7.90. The van der Waals surface area contributed by atoms with E-state index in [0.717, 1.165) is 51.4 Å². The number of rotatable bonds is 4. The van der Waals surface area contributed by atoms with E-state index in [0.29, 0.717) is 6.54 Å². The van der Waals surface area contributed by atoms with Gasteiger partial charge >= 0.3 is 0 Å². The summed E-state index contributed by atoms with van der Waals surface area (Å²) < 4.78 is 27.8. The standard InChI is InChI=1S/C13H26N2O2S/c14-11-13(9-5-1-2-6-10-13)15-18(16,17)12-7-3-4-8-12/h12,15H,1-11,14H2. The van der Waals surface area contributed by atoms with Crippen LogP contribution in [0.4, 0.5) is 0 Å². The minimum atomic E-state index is -3.18. The van der Waals surface area contributed by atoms with E-state index in [9.17, 15) is 8.42 Å². The lowest BCUT2D eigenvalue weighted by Crippen LogP contribution is -2.55. The van der Waals surface area contributed by atoms with Crippen molar-refractivity contribution in [1.82, 2.24) is 4.72 Å². The van der Waals surface area contributed by atoms with Crippen molar-refractivity contribution in [3.63, 3.8) is 0 Å². The minimum Gasteiger partial charge on any atom is -0.329 e. The zero-order chi connectivity index (χ0) is 13.1. The van der Waals surface area contributed by atoms with Crippen LogP contribution in [0.5, 0.6) is 0 Å². The predicted octanol–water partition coefficient (Wildman–Crippen LogP) is 1.90. The summed E-state index contributed by atoms with van der Waals surface area (Å²) in [6.07, 6.45) is 10.1. The summed E-state index contributed by atoms with van der Waals surface area (Å²) in [5.74, 6) is 0. The summed E-state index contributed by atoms with van der Waals surface area (Å²) >= 11 is 0. The van der Waals surface area contributed by atoms with Crippen LogP contribution in [0.25, 0.3) is 0 Å². The summed E-state index contributed by atoms with van der Waals surface area (Å²) in [6.45, 7) is 0.430. The van der Waals surface area contributed by atoms with Gasteiger partial charge in [-0.25, -0.2) is 13.1 Å². The van der Waals surface area contributed by atoms with E-state index in [4.69, 9.17) is 5.73 Å². The number of nitrogens with two attached hydrogens (primary N) is 1. The molecule has 2 aliphatic carbocycles. The van der Waals surface area contributed by atoms with Crippen LogP contribution in [0.3, 0.4) is 0 Å². The second-order valence-electron chi connectivity index (χ2n) is 5.95. The Morgan fingerprint density at radius 1 is 1.00 bits per heavy atom. The molecule has 0 amide bonds. The smallest absolute Gasteiger partial charge is 0.215 e. The molecule has 0 spiro atoms. The molecule has 0 aromatic heterocycles. The molecule has 2 saturated carbocycles. The molecule has 0 aromatic rings. The van der Waals surface area contributed by atoms with Crippen LogP contribution in [-0.4, -0.2) is 25.8 Å².